The number of carbonyl (C=O) groups is 3. The molecule has 8 nitrogen and oxygen atoms in total. The molecule has 0 saturated carbocycles. The van der Waals surface area contributed by atoms with Gasteiger partial charge in [0.15, 0.2) is 0 Å². The Hall–Kier alpha value is -4.17. The van der Waals surface area contributed by atoms with Gasteiger partial charge in [0.05, 0.1) is 22.9 Å². The topological polar surface area (TPSA) is 106 Å². The van der Waals surface area contributed by atoms with Gasteiger partial charge < -0.3 is 14.8 Å². The van der Waals surface area contributed by atoms with E-state index in [4.69, 9.17) is 21.1 Å². The standard InChI is InChI=1S/C25H22ClN3O5/c1-3-33-19-14-10-18(11-15-19)27-23(30)24(31)29-28-16(2)17-8-12-20(13-9-17)34-25(32)21-6-4-5-7-22(21)26/h4-15H,3H2,1-2H3,(H,27,30)(H,29,31)/b28-16+. The van der Waals surface area contributed by atoms with Crippen LogP contribution in [0.15, 0.2) is 77.9 Å². The van der Waals surface area contributed by atoms with Crippen molar-refractivity contribution in [3.05, 3.63) is 88.9 Å². The first-order chi connectivity index (χ1) is 16.4. The summed E-state index contributed by atoms with van der Waals surface area (Å²) in [6.07, 6.45) is 0. The Labute approximate surface area is 201 Å². The Kier molecular flexibility index (Phi) is 8.37. The maximum atomic E-state index is 12.2. The first-order valence-electron chi connectivity index (χ1n) is 10.3. The number of hydrazone groups is 1. The van der Waals surface area contributed by atoms with Crippen LogP contribution in [0.3, 0.4) is 0 Å². The van der Waals surface area contributed by atoms with E-state index in [0.29, 0.717) is 40.1 Å². The zero-order valence-corrected chi connectivity index (χ0v) is 19.3. The molecule has 174 valence electrons. The van der Waals surface area contributed by atoms with Gasteiger partial charge in [-0.1, -0.05) is 23.7 Å². The van der Waals surface area contributed by atoms with E-state index in [1.165, 1.54) is 0 Å². The number of halogens is 1. The third-order valence-electron chi connectivity index (χ3n) is 4.53. The first kappa shape index (κ1) is 24.5. The molecule has 0 saturated heterocycles. The van der Waals surface area contributed by atoms with Crippen molar-refractivity contribution < 1.29 is 23.9 Å². The van der Waals surface area contributed by atoms with Gasteiger partial charge in [0.25, 0.3) is 0 Å². The average Bonchev–Trinajstić information content (AvgIpc) is 2.84. The van der Waals surface area contributed by atoms with E-state index in [1.54, 1.807) is 79.7 Å². The van der Waals surface area contributed by atoms with Crippen molar-refractivity contribution in [2.75, 3.05) is 11.9 Å². The summed E-state index contributed by atoms with van der Waals surface area (Å²) in [4.78, 5) is 36.4. The molecule has 0 bridgehead atoms. The summed E-state index contributed by atoms with van der Waals surface area (Å²) in [6.45, 7) is 4.06. The fourth-order valence-corrected chi connectivity index (χ4v) is 3.00. The van der Waals surface area contributed by atoms with Crippen molar-refractivity contribution in [1.29, 1.82) is 0 Å². The van der Waals surface area contributed by atoms with Gasteiger partial charge in [-0.2, -0.15) is 5.10 Å². The first-order valence-corrected chi connectivity index (χ1v) is 10.7. The molecular weight excluding hydrogens is 458 g/mol. The Morgan fingerprint density at radius 3 is 2.18 bits per heavy atom. The number of nitrogens with one attached hydrogen (secondary N) is 2. The van der Waals surface area contributed by atoms with Crippen LogP contribution >= 0.6 is 11.6 Å². The molecule has 0 unspecified atom stereocenters. The van der Waals surface area contributed by atoms with Crippen molar-refractivity contribution >= 4 is 40.8 Å². The van der Waals surface area contributed by atoms with E-state index < -0.39 is 17.8 Å². The summed E-state index contributed by atoms with van der Waals surface area (Å²) in [5.74, 6) is -1.37. The predicted octanol–water partition coefficient (Wildman–Crippen LogP) is 4.44. The van der Waals surface area contributed by atoms with E-state index in [0.717, 1.165) is 0 Å². The summed E-state index contributed by atoms with van der Waals surface area (Å²) < 4.78 is 10.7. The van der Waals surface area contributed by atoms with E-state index in [-0.39, 0.29) is 5.56 Å². The van der Waals surface area contributed by atoms with Crippen LogP contribution in [0.2, 0.25) is 5.02 Å². The van der Waals surface area contributed by atoms with E-state index in [1.807, 2.05) is 6.92 Å². The van der Waals surface area contributed by atoms with Crippen LogP contribution < -0.4 is 20.2 Å². The molecule has 0 fully saturated rings. The van der Waals surface area contributed by atoms with Gasteiger partial charge in [-0.25, -0.2) is 10.2 Å². The van der Waals surface area contributed by atoms with Crippen LogP contribution in [0.1, 0.15) is 29.8 Å². The molecule has 0 spiro atoms. The number of carbonyl (C=O) groups excluding carboxylic acids is 3. The quantitative estimate of drug-likeness (QED) is 0.171. The van der Waals surface area contributed by atoms with E-state index >= 15 is 0 Å². The lowest BCUT2D eigenvalue weighted by Crippen LogP contribution is -2.32. The highest BCUT2D eigenvalue weighted by Gasteiger charge is 2.14. The Morgan fingerprint density at radius 1 is 0.882 bits per heavy atom. The van der Waals surface area contributed by atoms with Crippen LogP contribution in [-0.4, -0.2) is 30.1 Å². The third-order valence-corrected chi connectivity index (χ3v) is 4.86. The third kappa shape index (κ3) is 6.66. The molecule has 2 amide bonds. The van der Waals surface area contributed by atoms with Gasteiger partial charge in [0.1, 0.15) is 11.5 Å². The van der Waals surface area contributed by atoms with Crippen LogP contribution in [0.4, 0.5) is 5.69 Å². The lowest BCUT2D eigenvalue weighted by atomic mass is 10.1. The molecule has 3 aromatic rings. The number of amides is 2. The molecule has 34 heavy (non-hydrogen) atoms. The maximum absolute atomic E-state index is 12.2. The zero-order chi connectivity index (χ0) is 24.5. The minimum atomic E-state index is -0.918. The smallest absolute Gasteiger partial charge is 0.345 e. The second-order valence-electron chi connectivity index (χ2n) is 6.94. The maximum Gasteiger partial charge on any atom is 0.345 e. The molecule has 0 aliphatic rings. The molecule has 3 rings (SSSR count). The fraction of sp³-hybridized carbons (Fsp3) is 0.120. The second-order valence-corrected chi connectivity index (χ2v) is 7.35. The zero-order valence-electron chi connectivity index (χ0n) is 18.5. The predicted molar refractivity (Wildman–Crippen MR) is 129 cm³/mol. The summed E-state index contributed by atoms with van der Waals surface area (Å²) in [7, 11) is 0. The summed E-state index contributed by atoms with van der Waals surface area (Å²) in [5.41, 5.74) is 4.04. The lowest BCUT2D eigenvalue weighted by molar-refractivity contribution is -0.136. The van der Waals surface area contributed by atoms with Gasteiger partial charge in [0, 0.05) is 5.69 Å². The van der Waals surface area contributed by atoms with Gasteiger partial charge in [0.2, 0.25) is 0 Å². The highest BCUT2D eigenvalue weighted by Crippen LogP contribution is 2.19. The molecule has 2 N–H and O–H groups in total. The molecule has 3 aromatic carbocycles. The molecule has 0 aliphatic heterocycles. The van der Waals surface area contributed by atoms with Gasteiger partial charge in [-0.15, -0.1) is 0 Å². The van der Waals surface area contributed by atoms with Crippen LogP contribution in [0.25, 0.3) is 0 Å². The van der Waals surface area contributed by atoms with Crippen molar-refractivity contribution in [3.8, 4) is 11.5 Å². The number of benzene rings is 3. The SMILES string of the molecule is CCOc1ccc(NC(=O)C(=O)N/N=C(\C)c2ccc(OC(=O)c3ccccc3Cl)cc2)cc1. The highest BCUT2D eigenvalue weighted by molar-refractivity contribution is 6.39. The molecule has 0 aliphatic carbocycles. The minimum Gasteiger partial charge on any atom is -0.494 e. The largest absolute Gasteiger partial charge is 0.494 e. The van der Waals surface area contributed by atoms with E-state index in [9.17, 15) is 14.4 Å². The molecule has 9 heteroatoms. The van der Waals surface area contributed by atoms with E-state index in [2.05, 4.69) is 15.8 Å². The van der Waals surface area contributed by atoms with Gasteiger partial charge >= 0.3 is 17.8 Å². The molecule has 0 aromatic heterocycles. The number of hydrogen-bond donors (Lipinski definition) is 2. The summed E-state index contributed by atoms with van der Waals surface area (Å²) in [5, 5.41) is 6.74. The molecule has 0 atom stereocenters. The average molecular weight is 480 g/mol. The Bertz CT molecular complexity index is 1210. The normalized spacial score (nSPS) is 10.9. The molecular formula is C25H22ClN3O5. The number of esters is 1. The number of nitrogens with zero attached hydrogens (tertiary/aromatic N) is 1. The number of anilines is 1. The monoisotopic (exact) mass is 479 g/mol. The van der Waals surface area contributed by atoms with Crippen molar-refractivity contribution in [2.45, 2.75) is 13.8 Å². The van der Waals surface area contributed by atoms with Crippen molar-refractivity contribution in [1.82, 2.24) is 5.43 Å². The summed E-state index contributed by atoms with van der Waals surface area (Å²) in [6, 6.07) is 19.7. The Balaban J connectivity index is 1.55. The van der Waals surface area contributed by atoms with Gasteiger partial charge in [-0.05, 0) is 80.1 Å². The summed E-state index contributed by atoms with van der Waals surface area (Å²) >= 11 is 6.01. The number of rotatable bonds is 7. The fourth-order valence-electron chi connectivity index (χ4n) is 2.79. The minimum absolute atomic E-state index is 0.261. The second kappa shape index (κ2) is 11.6. The molecule has 0 radical (unpaired) electrons. The van der Waals surface area contributed by atoms with Gasteiger partial charge in [-0.3, -0.25) is 9.59 Å². The highest BCUT2D eigenvalue weighted by atomic mass is 35.5. The molecule has 0 heterocycles. The van der Waals surface area contributed by atoms with Crippen LogP contribution in [0, 0.1) is 0 Å². The Morgan fingerprint density at radius 2 is 1.53 bits per heavy atom. The van der Waals surface area contributed by atoms with Crippen molar-refractivity contribution in [2.24, 2.45) is 5.10 Å². The number of ether oxygens (including phenoxy) is 2. The van der Waals surface area contributed by atoms with Crippen molar-refractivity contribution in [3.63, 3.8) is 0 Å². The lowest BCUT2D eigenvalue weighted by Gasteiger charge is -2.08. The number of hydrogen-bond acceptors (Lipinski definition) is 6. The van der Waals surface area contributed by atoms with Crippen LogP contribution in [-0.2, 0) is 9.59 Å². The van der Waals surface area contributed by atoms with Crippen LogP contribution in [0.5, 0.6) is 11.5 Å².